The lowest BCUT2D eigenvalue weighted by molar-refractivity contribution is -0.112. The zero-order chi connectivity index (χ0) is 45.4. The Hall–Kier alpha value is -5.01. The summed E-state index contributed by atoms with van der Waals surface area (Å²) in [7, 11) is 3.87. The topological polar surface area (TPSA) is 82.8 Å². The van der Waals surface area contributed by atoms with Crippen molar-refractivity contribution in [2.24, 2.45) is 10.7 Å². The van der Waals surface area contributed by atoms with Crippen LogP contribution < -0.4 is 16.4 Å². The molecule has 0 bridgehead atoms. The molecule has 1 aromatic carbocycles. The highest BCUT2D eigenvalue weighted by atomic mass is 19.1. The number of halogens is 1. The maximum absolute atomic E-state index is 12.8. The Balaban J connectivity index is -0.000000230. The first-order valence-corrected chi connectivity index (χ1v) is 19.8. The number of hydrogen-bond donors (Lipinski definition) is 3. The summed E-state index contributed by atoms with van der Waals surface area (Å²) in [4.78, 5) is 16.0. The smallest absolute Gasteiger partial charge is 0.185 e. The van der Waals surface area contributed by atoms with E-state index in [-0.39, 0.29) is 17.7 Å². The lowest BCUT2D eigenvalue weighted by Gasteiger charge is -2.26. The van der Waals surface area contributed by atoms with Crippen molar-refractivity contribution in [2.45, 2.75) is 108 Å². The molecule has 0 aromatic heterocycles. The molecule has 0 saturated carbocycles. The highest BCUT2D eigenvalue weighted by molar-refractivity contribution is 6.14. The van der Waals surface area contributed by atoms with Gasteiger partial charge in [-0.15, -0.1) is 0 Å². The van der Waals surface area contributed by atoms with Crippen molar-refractivity contribution < 1.29 is 9.18 Å². The first kappa shape index (κ1) is 61.2. The van der Waals surface area contributed by atoms with Crippen molar-refractivity contribution >= 4 is 18.6 Å². The van der Waals surface area contributed by atoms with Gasteiger partial charge < -0.3 is 21.3 Å². The van der Waals surface area contributed by atoms with Gasteiger partial charge in [0.15, 0.2) is 5.78 Å². The number of likely N-dealkylation sites (N-methyl/N-ethyl adjacent to an activating group) is 1. The third-order valence-corrected chi connectivity index (χ3v) is 7.33. The van der Waals surface area contributed by atoms with E-state index in [9.17, 15) is 9.18 Å². The largest absolute Gasteiger partial charge is 0.403 e. The fraction of sp³-hybridized carbons (Fsp3) is 0.400. The molecule has 1 unspecified atom stereocenters. The number of aliphatic imine (C=N–C) groups is 1. The lowest BCUT2D eigenvalue weighted by Crippen LogP contribution is -2.33. The number of nitrogens with two attached hydrogens (primary N) is 1. The summed E-state index contributed by atoms with van der Waals surface area (Å²) < 4.78 is 12.8. The molecule has 1 aliphatic carbocycles. The van der Waals surface area contributed by atoms with Crippen LogP contribution >= 0.6 is 0 Å². The number of nitrogens with zero attached hydrogens (tertiary/aromatic N) is 2. The number of ketones is 1. The average molecular weight is 788 g/mol. The molecule has 320 valence electrons. The summed E-state index contributed by atoms with van der Waals surface area (Å²) >= 11 is 0. The summed E-state index contributed by atoms with van der Waals surface area (Å²) in [6.07, 6.45) is 23.0. The van der Waals surface area contributed by atoms with Gasteiger partial charge in [0, 0.05) is 37.3 Å². The van der Waals surface area contributed by atoms with Gasteiger partial charge in [-0.3, -0.25) is 9.79 Å². The second kappa shape index (κ2) is 42.1. The molecule has 0 amide bonds. The number of benzene rings is 1. The van der Waals surface area contributed by atoms with Gasteiger partial charge >= 0.3 is 0 Å². The minimum Gasteiger partial charge on any atom is -0.403 e. The first-order valence-electron chi connectivity index (χ1n) is 19.8. The molecule has 0 saturated heterocycles. The van der Waals surface area contributed by atoms with E-state index in [1.807, 2.05) is 89.3 Å². The fourth-order valence-corrected chi connectivity index (χ4v) is 4.02. The Morgan fingerprint density at radius 2 is 1.58 bits per heavy atom. The maximum Gasteiger partial charge on any atom is 0.185 e. The fourth-order valence-electron chi connectivity index (χ4n) is 4.02. The van der Waals surface area contributed by atoms with Crippen LogP contribution in [0.4, 0.5) is 4.39 Å². The van der Waals surface area contributed by atoms with E-state index < -0.39 is 0 Å². The number of carbonyl (C=O) groups is 1. The predicted molar refractivity (Wildman–Crippen MR) is 258 cm³/mol. The Kier molecular flexibility index (Phi) is 45.3. The normalized spacial score (nSPS) is 12.0. The number of rotatable bonds is 15. The van der Waals surface area contributed by atoms with Crippen LogP contribution in [0.2, 0.25) is 0 Å². The van der Waals surface area contributed by atoms with E-state index in [0.717, 1.165) is 29.8 Å². The second-order valence-electron chi connectivity index (χ2n) is 12.4. The Morgan fingerprint density at radius 3 is 1.93 bits per heavy atom. The molecule has 6 nitrogen and oxygen atoms in total. The number of carbonyl (C=O) groups excluding carboxylic acids is 1. The van der Waals surface area contributed by atoms with Gasteiger partial charge in [-0.05, 0) is 126 Å². The third-order valence-electron chi connectivity index (χ3n) is 7.33. The standard InChI is InChI=1S/C21H30FN3.C12H16.C6H6O.C3H9N.C3H7N.C3H8.C2H6/c1-7-9-14-21(25(6)16-15-23-5)19(4)24-17-20(11-8-2)13-10-12-18(3)22;1-5-11-7-8-12(6-2)10(4)9(11)3;1-4-3-6(7)5(4)2;1-3-4-2;1-3(2)4;1-3-2;1-2/h7-9,11-16,21,24H,1,4-5,10,17H2,2-3,6H3;5,7-8H,1,6H2,2-4H3;3H,2H2,1H3;4H,3H2,1-2H3;1,4H2,2H3;3H2,1-2H3;1-2H3/b11-8-,14-9?,16-15-,18-12+,20-13?;;;;;;. The molecule has 0 spiro atoms. The molecule has 0 fully saturated rings. The monoisotopic (exact) mass is 788 g/mol. The minimum atomic E-state index is -0.174. The van der Waals surface area contributed by atoms with E-state index in [1.165, 1.54) is 35.6 Å². The van der Waals surface area contributed by atoms with Crippen molar-refractivity contribution in [3.05, 3.63) is 162 Å². The lowest BCUT2D eigenvalue weighted by atomic mass is 9.94. The molecule has 2 rings (SSSR count). The molecule has 1 atom stereocenters. The van der Waals surface area contributed by atoms with Gasteiger partial charge in [0.25, 0.3) is 0 Å². The number of allylic oxidation sites excluding steroid dienone is 10. The maximum atomic E-state index is 12.8. The third kappa shape index (κ3) is 35.2. The highest BCUT2D eigenvalue weighted by Crippen LogP contribution is 2.19. The minimum absolute atomic E-state index is 0.0594. The summed E-state index contributed by atoms with van der Waals surface area (Å²) in [6.45, 7) is 47.5. The summed E-state index contributed by atoms with van der Waals surface area (Å²) in [5.74, 6) is -0.0928. The summed E-state index contributed by atoms with van der Waals surface area (Å²) in [5, 5.41) is 6.27. The Labute approximate surface area is 350 Å². The van der Waals surface area contributed by atoms with Crippen molar-refractivity contribution in [2.75, 3.05) is 27.2 Å². The SMILES string of the molecule is C=C(C)N.C=C1C(=O)C=C1C.C=CC=CC(C(=C)NCC(=CC/C=C(\C)F)/C=C\C)N(C)/C=C\N=C.C=Cc1ccc(CC)c(C)c1C.CC.CCC.CCNC. The Bertz CT molecular complexity index is 1490. The number of aryl methyl sites for hydroxylation is 1. The van der Waals surface area contributed by atoms with E-state index in [4.69, 9.17) is 5.73 Å². The van der Waals surface area contributed by atoms with Gasteiger partial charge in [-0.25, -0.2) is 4.39 Å². The van der Waals surface area contributed by atoms with Gasteiger partial charge in [0.2, 0.25) is 0 Å². The molecule has 0 aliphatic heterocycles. The predicted octanol–water partition coefficient (Wildman–Crippen LogP) is 12.8. The van der Waals surface area contributed by atoms with Crippen molar-refractivity contribution in [3.63, 3.8) is 0 Å². The van der Waals surface area contributed by atoms with Crippen LogP contribution in [-0.4, -0.2) is 50.6 Å². The number of nitrogens with one attached hydrogen (secondary N) is 2. The van der Waals surface area contributed by atoms with Crippen molar-refractivity contribution in [1.82, 2.24) is 15.5 Å². The van der Waals surface area contributed by atoms with Crippen LogP contribution in [0.15, 0.2) is 145 Å². The van der Waals surface area contributed by atoms with E-state index in [2.05, 4.69) is 109 Å². The molecule has 7 heteroatoms. The zero-order valence-electron chi connectivity index (χ0n) is 38.6. The van der Waals surface area contributed by atoms with E-state index in [1.54, 1.807) is 31.4 Å². The average Bonchev–Trinajstić information content (AvgIpc) is 3.18. The molecule has 1 aliphatic rings. The van der Waals surface area contributed by atoms with Crippen LogP contribution in [-0.2, 0) is 11.2 Å². The van der Waals surface area contributed by atoms with Gasteiger partial charge in [0.1, 0.15) is 0 Å². The van der Waals surface area contributed by atoms with Gasteiger partial charge in [-0.2, -0.15) is 0 Å². The molecule has 57 heavy (non-hydrogen) atoms. The second-order valence-corrected chi connectivity index (χ2v) is 12.4. The molecular weight excluding hydrogens is 706 g/mol. The Morgan fingerprint density at radius 1 is 1.04 bits per heavy atom. The van der Waals surface area contributed by atoms with Gasteiger partial charge in [-0.1, -0.05) is 136 Å². The van der Waals surface area contributed by atoms with Crippen LogP contribution in [0.25, 0.3) is 6.08 Å². The highest BCUT2D eigenvalue weighted by Gasteiger charge is 2.15. The van der Waals surface area contributed by atoms with E-state index >= 15 is 0 Å². The number of hydrogen-bond acceptors (Lipinski definition) is 6. The van der Waals surface area contributed by atoms with E-state index in [0.29, 0.717) is 24.2 Å². The zero-order valence-corrected chi connectivity index (χ0v) is 38.6. The summed E-state index contributed by atoms with van der Waals surface area (Å²) in [5.41, 5.74) is 14.6. The summed E-state index contributed by atoms with van der Waals surface area (Å²) in [6, 6.07) is 4.28. The molecule has 4 N–H and O–H groups in total. The van der Waals surface area contributed by atoms with Crippen molar-refractivity contribution in [3.8, 4) is 0 Å². The quantitative estimate of drug-likeness (QED) is 0.0937. The molecule has 0 radical (unpaired) electrons. The van der Waals surface area contributed by atoms with Crippen LogP contribution in [0, 0.1) is 13.8 Å². The van der Waals surface area contributed by atoms with Crippen molar-refractivity contribution in [1.29, 1.82) is 0 Å². The molecular formula is C50H82FN5O. The van der Waals surface area contributed by atoms with Gasteiger partial charge in [0.05, 0.1) is 11.9 Å². The van der Waals surface area contributed by atoms with Crippen LogP contribution in [0.5, 0.6) is 0 Å². The van der Waals surface area contributed by atoms with Crippen LogP contribution in [0.1, 0.15) is 104 Å². The molecule has 1 aromatic rings. The van der Waals surface area contributed by atoms with Crippen LogP contribution in [0.3, 0.4) is 0 Å². The molecule has 0 heterocycles. The first-order chi connectivity index (χ1) is 26.9.